The number of nitrogens with zero attached hydrogens (tertiary/aromatic N) is 8. The molecule has 0 amide bonds. The summed E-state index contributed by atoms with van der Waals surface area (Å²) in [6.07, 6.45) is 0.157. The van der Waals surface area contributed by atoms with Crippen molar-refractivity contribution in [2.45, 2.75) is 24.7 Å². The lowest BCUT2D eigenvalue weighted by Crippen LogP contribution is -2.26. The second-order valence-electron chi connectivity index (χ2n) is 12.2. The van der Waals surface area contributed by atoms with Crippen LogP contribution in [0.5, 0.6) is 0 Å². The first kappa shape index (κ1) is 38.2. The van der Waals surface area contributed by atoms with Gasteiger partial charge in [-0.05, 0) is 18.1 Å². The van der Waals surface area contributed by atoms with Crippen molar-refractivity contribution in [3.63, 3.8) is 0 Å². The van der Waals surface area contributed by atoms with Crippen molar-refractivity contribution in [3.05, 3.63) is 120 Å². The molecule has 5 aromatic rings. The Morgan fingerprint density at radius 1 is 0.596 bits per heavy atom. The fourth-order valence-electron chi connectivity index (χ4n) is 6.73. The van der Waals surface area contributed by atoms with Gasteiger partial charge in [0.05, 0.1) is 83.0 Å². The maximum atomic E-state index is 15.2. The monoisotopic (exact) mass is 820 g/mol. The highest BCUT2D eigenvalue weighted by atomic mass is 32.5. The molecule has 2 aromatic heterocycles. The van der Waals surface area contributed by atoms with Crippen molar-refractivity contribution < 1.29 is 54.6 Å². The molecule has 22 heteroatoms. The maximum absolute atomic E-state index is 15.2. The lowest BCUT2D eigenvalue weighted by atomic mass is 9.92. The number of rotatable bonds is 3. The molecule has 286 valence electrons. The van der Waals surface area contributed by atoms with Crippen molar-refractivity contribution in [1.82, 2.24) is 19.9 Å². The first-order valence-electron chi connectivity index (χ1n) is 15.2. The van der Waals surface area contributed by atoms with E-state index < -0.39 is 125 Å². The van der Waals surface area contributed by atoms with Gasteiger partial charge in [-0.25, -0.2) is 65.3 Å². The Hall–Kier alpha value is -7.04. The van der Waals surface area contributed by atoms with Crippen LogP contribution in [-0.2, 0) is 12.8 Å². The lowest BCUT2D eigenvalue weighted by molar-refractivity contribution is 0.330. The van der Waals surface area contributed by atoms with E-state index in [-0.39, 0.29) is 44.6 Å². The minimum atomic E-state index is -11.4. The first-order chi connectivity index (χ1) is 26.5. The summed E-state index contributed by atoms with van der Waals surface area (Å²) < 4.78 is 186. The first-order valence-corrected chi connectivity index (χ1v) is 17.1. The summed E-state index contributed by atoms with van der Waals surface area (Å²) in [5.74, 6) is -20.1. The summed E-state index contributed by atoms with van der Waals surface area (Å²) >= 11 is 0. The molecule has 2 aliphatic rings. The zero-order valence-electron chi connectivity index (χ0n) is 27.5. The minimum Gasteiger partial charge on any atom is -0.256 e. The summed E-state index contributed by atoms with van der Waals surface area (Å²) in [4.78, 5) is 18.4. The molecule has 0 radical (unpaired) electrons. The molecule has 3 aromatic carbocycles. The second kappa shape index (κ2) is 11.7. The lowest BCUT2D eigenvalue weighted by Gasteiger charge is -2.40. The number of hydrogen-bond acceptors (Lipinski definition) is 6. The quantitative estimate of drug-likeness (QED) is 0.100. The third-order valence-electron chi connectivity index (χ3n) is 9.08. The van der Waals surface area contributed by atoms with Crippen LogP contribution >= 0.6 is 10.2 Å². The molecule has 0 saturated heterocycles. The number of nitriles is 2. The van der Waals surface area contributed by atoms with E-state index in [1.807, 2.05) is 0 Å². The van der Waals surface area contributed by atoms with Crippen molar-refractivity contribution in [1.29, 1.82) is 10.5 Å². The molecular formula is C35H9F13N8S. The van der Waals surface area contributed by atoms with Gasteiger partial charge in [-0.1, -0.05) is 19.4 Å². The van der Waals surface area contributed by atoms with Crippen molar-refractivity contribution >= 4 is 21.6 Å². The van der Waals surface area contributed by atoms with Crippen molar-refractivity contribution in [2.75, 3.05) is 0 Å². The minimum absolute atomic E-state index is 0.0995. The SMILES string of the molecule is [C-]#[N+]/C(C#N)=c1/c2c(/c(=C(\C#N)[N+]#[C-])c3c1-c1nc(-c4c(F)c(F)c(C)c(F)c4F)cnc1C3)-c1nc(-c3c(F)c(F)c(S(F)(F)(F)(F)F)c(F)c3F)cnc1C2. The van der Waals surface area contributed by atoms with Crippen LogP contribution in [0.1, 0.15) is 28.1 Å². The molecule has 7 rings (SSSR count). The van der Waals surface area contributed by atoms with Gasteiger partial charge >= 0.3 is 10.2 Å². The van der Waals surface area contributed by atoms with Crippen LogP contribution < -0.4 is 10.4 Å². The third-order valence-corrected chi connectivity index (χ3v) is 10.2. The van der Waals surface area contributed by atoms with E-state index in [4.69, 9.17) is 13.1 Å². The Morgan fingerprint density at radius 3 is 1.26 bits per heavy atom. The molecule has 0 saturated carbocycles. The zero-order chi connectivity index (χ0) is 41.9. The zero-order valence-corrected chi connectivity index (χ0v) is 28.3. The Labute approximate surface area is 308 Å². The van der Waals surface area contributed by atoms with Crippen LogP contribution in [0.4, 0.5) is 54.6 Å². The van der Waals surface area contributed by atoms with Gasteiger partial charge in [0.1, 0.15) is 0 Å². The fraction of sp³-hybridized carbons (Fsp3) is 0.0857. The Morgan fingerprint density at radius 2 is 0.947 bits per heavy atom. The summed E-state index contributed by atoms with van der Waals surface area (Å²) in [6, 6.07) is 3.23. The smallest absolute Gasteiger partial charge is 0.256 e. The van der Waals surface area contributed by atoms with Gasteiger partial charge in [-0.15, -0.1) is 0 Å². The number of hydrogen-bond donors (Lipinski definition) is 0. The van der Waals surface area contributed by atoms with E-state index in [1.165, 1.54) is 0 Å². The Bertz CT molecular complexity index is 3010. The highest BCUT2D eigenvalue weighted by molar-refractivity contribution is 8.45. The second-order valence-corrected chi connectivity index (χ2v) is 14.6. The van der Waals surface area contributed by atoms with Crippen LogP contribution in [-0.4, -0.2) is 19.9 Å². The van der Waals surface area contributed by atoms with Crippen LogP contribution in [0, 0.1) is 89.3 Å². The molecule has 2 heterocycles. The molecule has 0 unspecified atom stereocenters. The molecule has 0 aliphatic heterocycles. The summed E-state index contributed by atoms with van der Waals surface area (Å²) in [5, 5.41) is 19.3. The average Bonchev–Trinajstić information content (AvgIpc) is 3.71. The normalized spacial score (nSPS) is 14.8. The number of aromatic nitrogens is 4. The highest BCUT2D eigenvalue weighted by Gasteiger charge is 2.70. The molecule has 0 spiro atoms. The predicted octanol–water partition coefficient (Wildman–Crippen LogP) is 8.92. The molecule has 0 N–H and O–H groups in total. The van der Waals surface area contributed by atoms with Crippen LogP contribution in [0.15, 0.2) is 17.3 Å². The summed E-state index contributed by atoms with van der Waals surface area (Å²) in [6.45, 7) is 16.2. The van der Waals surface area contributed by atoms with E-state index in [9.17, 15) is 47.5 Å². The van der Waals surface area contributed by atoms with Crippen LogP contribution in [0.2, 0.25) is 0 Å². The third kappa shape index (κ3) is 5.43. The van der Waals surface area contributed by atoms with E-state index in [2.05, 4.69) is 29.6 Å². The standard InChI is InChI=1S/C35H9F13N8S/c1-10-25(36)27(38)23(28(39)26(10)37)17-8-53-13-4-11-20(16(7-50)52-3)22-12(19(15(6-49)51-2)21(11)33(13)55-17)5-14-34(22)56-18(9-54-14)24-29(40)31(42)35(32(43)30(24)41)57(44,45,46,47)48/h8-9H,4-5H2,1H3/b19-15-,20-16+. The van der Waals surface area contributed by atoms with E-state index in [0.29, 0.717) is 6.20 Å². The number of fused-ring (bicyclic) bond motifs is 6. The van der Waals surface area contributed by atoms with Gasteiger partial charge in [0.25, 0.3) is 11.4 Å². The fourth-order valence-corrected chi connectivity index (χ4v) is 7.59. The predicted molar refractivity (Wildman–Crippen MR) is 171 cm³/mol. The van der Waals surface area contributed by atoms with Crippen LogP contribution in [0.25, 0.3) is 66.1 Å². The van der Waals surface area contributed by atoms with E-state index in [0.717, 1.165) is 13.1 Å². The summed E-state index contributed by atoms with van der Waals surface area (Å²) in [5.41, 5.74) is -10.1. The van der Waals surface area contributed by atoms with Gasteiger partial charge in [0.15, 0.2) is 51.4 Å². The van der Waals surface area contributed by atoms with Gasteiger partial charge in [-0.3, -0.25) is 9.97 Å². The Kier molecular flexibility index (Phi) is 7.87. The van der Waals surface area contributed by atoms with E-state index >= 15 is 17.6 Å². The molecule has 57 heavy (non-hydrogen) atoms. The topological polar surface area (TPSA) is 108 Å². The molecule has 0 fully saturated rings. The largest absolute Gasteiger partial charge is 0.316 e. The average molecular weight is 821 g/mol. The van der Waals surface area contributed by atoms with Crippen molar-refractivity contribution in [2.24, 2.45) is 0 Å². The highest BCUT2D eigenvalue weighted by Crippen LogP contribution is 3.02. The van der Waals surface area contributed by atoms with Crippen LogP contribution in [0.3, 0.4) is 0 Å². The molecule has 2 aliphatic carbocycles. The maximum Gasteiger partial charge on any atom is 0.316 e. The number of halogens is 13. The number of benzene rings is 3. The molecule has 0 bridgehead atoms. The van der Waals surface area contributed by atoms with Gasteiger partial charge in [0.2, 0.25) is 0 Å². The van der Waals surface area contributed by atoms with Gasteiger partial charge in [0, 0.05) is 40.0 Å². The van der Waals surface area contributed by atoms with Gasteiger partial charge in [-0.2, -0.15) is 0 Å². The molecular weight excluding hydrogens is 811 g/mol. The molecule has 8 nitrogen and oxygen atoms in total. The van der Waals surface area contributed by atoms with Crippen molar-refractivity contribution in [3.8, 4) is 57.2 Å². The van der Waals surface area contributed by atoms with Gasteiger partial charge < -0.3 is 0 Å². The van der Waals surface area contributed by atoms with E-state index in [1.54, 1.807) is 12.1 Å². The summed E-state index contributed by atoms with van der Waals surface area (Å²) in [7, 11) is -11.4. The molecule has 0 atom stereocenters. The Balaban J connectivity index is 1.59.